The van der Waals surface area contributed by atoms with Gasteiger partial charge in [0, 0.05) is 37.4 Å². The summed E-state index contributed by atoms with van der Waals surface area (Å²) in [5.74, 6) is 0.838. The fourth-order valence-electron chi connectivity index (χ4n) is 2.25. The molecular weight excluding hydrogens is 439 g/mol. The molecule has 6 nitrogen and oxygen atoms in total. The van der Waals surface area contributed by atoms with Crippen LogP contribution in [0.2, 0.25) is 0 Å². The highest BCUT2D eigenvalue weighted by Gasteiger charge is 2.15. The molecule has 1 atom stereocenters. The first-order chi connectivity index (χ1) is 11.3. The van der Waals surface area contributed by atoms with Crippen LogP contribution in [-0.4, -0.2) is 50.0 Å². The molecule has 0 aromatic carbocycles. The highest BCUT2D eigenvalue weighted by atomic mass is 127. The fourth-order valence-corrected chi connectivity index (χ4v) is 3.03. The van der Waals surface area contributed by atoms with E-state index in [0.29, 0.717) is 6.54 Å². The molecule has 1 aliphatic heterocycles. The van der Waals surface area contributed by atoms with E-state index in [1.807, 2.05) is 6.20 Å². The maximum atomic E-state index is 5.76. The zero-order chi connectivity index (χ0) is 16.3. The van der Waals surface area contributed by atoms with E-state index >= 15 is 0 Å². The lowest BCUT2D eigenvalue weighted by atomic mass is 10.3. The number of nitrogens with one attached hydrogen (secondary N) is 2. The molecule has 0 aliphatic carbocycles. The van der Waals surface area contributed by atoms with Crippen molar-refractivity contribution in [1.82, 2.24) is 15.6 Å². The van der Waals surface area contributed by atoms with Gasteiger partial charge in [0.1, 0.15) is 5.01 Å². The monoisotopic (exact) mass is 468 g/mol. The van der Waals surface area contributed by atoms with Gasteiger partial charge >= 0.3 is 0 Å². The molecular formula is C16H29IN4O2S. The summed E-state index contributed by atoms with van der Waals surface area (Å²) in [4.78, 5) is 10.3. The lowest BCUT2D eigenvalue weighted by Crippen LogP contribution is -2.38. The Balaban J connectivity index is 0.00000288. The number of aromatic nitrogens is 1. The van der Waals surface area contributed by atoms with E-state index in [-0.39, 0.29) is 30.1 Å². The highest BCUT2D eigenvalue weighted by Crippen LogP contribution is 2.14. The molecule has 1 fully saturated rings. The van der Waals surface area contributed by atoms with Crippen LogP contribution in [0, 0.1) is 0 Å². The number of rotatable bonds is 9. The molecule has 0 bridgehead atoms. The normalized spacial score (nSPS) is 17.6. The maximum Gasteiger partial charge on any atom is 0.191 e. The molecule has 0 radical (unpaired) electrons. The molecule has 1 aliphatic rings. The predicted molar refractivity (Wildman–Crippen MR) is 110 cm³/mol. The third kappa shape index (κ3) is 8.09. The zero-order valence-corrected chi connectivity index (χ0v) is 17.7. The Labute approximate surface area is 165 Å². The Hall–Kier alpha value is -0.450. The SMILES string of the molecule is CCNC(=NCc1ncc(CC)s1)NCCCOC1CCOC1.I. The minimum Gasteiger partial charge on any atom is -0.379 e. The van der Waals surface area contributed by atoms with Crippen LogP contribution < -0.4 is 10.6 Å². The second-order valence-electron chi connectivity index (χ2n) is 5.41. The minimum atomic E-state index is 0. The topological polar surface area (TPSA) is 67.8 Å². The number of aryl methyl sites for hydroxylation is 1. The molecule has 2 heterocycles. The van der Waals surface area contributed by atoms with Gasteiger partial charge in [0.25, 0.3) is 0 Å². The van der Waals surface area contributed by atoms with Crippen molar-refractivity contribution in [3.63, 3.8) is 0 Å². The molecule has 8 heteroatoms. The van der Waals surface area contributed by atoms with Gasteiger partial charge in [-0.15, -0.1) is 35.3 Å². The Kier molecular flexibility index (Phi) is 11.6. The smallest absolute Gasteiger partial charge is 0.191 e. The van der Waals surface area contributed by atoms with Gasteiger partial charge in [-0.2, -0.15) is 0 Å². The van der Waals surface area contributed by atoms with E-state index in [9.17, 15) is 0 Å². The van der Waals surface area contributed by atoms with E-state index in [0.717, 1.165) is 63.1 Å². The second-order valence-corrected chi connectivity index (χ2v) is 6.61. The van der Waals surface area contributed by atoms with Crippen molar-refractivity contribution < 1.29 is 9.47 Å². The Morgan fingerprint density at radius 1 is 1.46 bits per heavy atom. The van der Waals surface area contributed by atoms with Crippen LogP contribution >= 0.6 is 35.3 Å². The van der Waals surface area contributed by atoms with Crippen molar-refractivity contribution >= 4 is 41.3 Å². The molecule has 0 spiro atoms. The summed E-state index contributed by atoms with van der Waals surface area (Å²) >= 11 is 1.73. The minimum absolute atomic E-state index is 0. The van der Waals surface area contributed by atoms with Gasteiger partial charge in [-0.25, -0.2) is 9.98 Å². The van der Waals surface area contributed by atoms with Crippen molar-refractivity contribution in [3.8, 4) is 0 Å². The van der Waals surface area contributed by atoms with Gasteiger partial charge in [0.05, 0.1) is 19.3 Å². The fraction of sp³-hybridized carbons (Fsp3) is 0.750. The number of ether oxygens (including phenoxy) is 2. The first-order valence-corrected chi connectivity index (χ1v) is 9.28. The number of guanidine groups is 1. The largest absolute Gasteiger partial charge is 0.379 e. The number of thiazole rings is 1. The van der Waals surface area contributed by atoms with Crippen LogP contribution in [0.3, 0.4) is 0 Å². The van der Waals surface area contributed by atoms with Gasteiger partial charge in [0.2, 0.25) is 0 Å². The third-order valence-electron chi connectivity index (χ3n) is 3.52. The molecule has 0 amide bonds. The van der Waals surface area contributed by atoms with E-state index in [4.69, 9.17) is 9.47 Å². The summed E-state index contributed by atoms with van der Waals surface area (Å²) in [5.41, 5.74) is 0. The molecule has 1 unspecified atom stereocenters. The van der Waals surface area contributed by atoms with Crippen LogP contribution in [-0.2, 0) is 22.4 Å². The Morgan fingerprint density at radius 3 is 3.00 bits per heavy atom. The summed E-state index contributed by atoms with van der Waals surface area (Å²) in [6.45, 7) is 8.85. The predicted octanol–water partition coefficient (Wildman–Crippen LogP) is 2.57. The van der Waals surface area contributed by atoms with Crippen LogP contribution in [0.15, 0.2) is 11.2 Å². The van der Waals surface area contributed by atoms with E-state index < -0.39 is 0 Å². The number of hydrogen-bond donors (Lipinski definition) is 2. The number of aliphatic imine (C=N–C) groups is 1. The van der Waals surface area contributed by atoms with Gasteiger partial charge in [-0.05, 0) is 26.2 Å². The highest BCUT2D eigenvalue weighted by molar-refractivity contribution is 14.0. The molecule has 0 saturated carbocycles. The van der Waals surface area contributed by atoms with Crippen molar-refractivity contribution in [1.29, 1.82) is 0 Å². The summed E-state index contributed by atoms with van der Waals surface area (Å²) in [6, 6.07) is 0. The molecule has 138 valence electrons. The summed E-state index contributed by atoms with van der Waals surface area (Å²) in [6.07, 6.45) is 5.24. The molecule has 1 aromatic rings. The van der Waals surface area contributed by atoms with Crippen molar-refractivity contribution in [2.24, 2.45) is 4.99 Å². The molecule has 24 heavy (non-hydrogen) atoms. The molecule has 1 aromatic heterocycles. The van der Waals surface area contributed by atoms with Gasteiger partial charge in [0.15, 0.2) is 5.96 Å². The van der Waals surface area contributed by atoms with Gasteiger partial charge in [-0.3, -0.25) is 0 Å². The number of halogens is 1. The average Bonchev–Trinajstić information content (AvgIpc) is 3.23. The average molecular weight is 468 g/mol. The number of hydrogen-bond acceptors (Lipinski definition) is 5. The lowest BCUT2D eigenvalue weighted by Gasteiger charge is -2.12. The van der Waals surface area contributed by atoms with E-state index in [2.05, 4.69) is 34.5 Å². The molecule has 2 rings (SSSR count). The van der Waals surface area contributed by atoms with Gasteiger partial charge in [-0.1, -0.05) is 6.92 Å². The van der Waals surface area contributed by atoms with Crippen LogP contribution in [0.1, 0.15) is 36.6 Å². The first-order valence-electron chi connectivity index (χ1n) is 8.47. The van der Waals surface area contributed by atoms with Crippen LogP contribution in [0.5, 0.6) is 0 Å². The summed E-state index contributed by atoms with van der Waals surface area (Å²) in [5, 5.41) is 7.66. The summed E-state index contributed by atoms with van der Waals surface area (Å²) < 4.78 is 11.0. The lowest BCUT2D eigenvalue weighted by molar-refractivity contribution is 0.0420. The quantitative estimate of drug-likeness (QED) is 0.253. The standard InChI is InChI=1S/C16H28N4O2S.HI/c1-3-14-10-19-15(23-14)11-20-16(17-4-2)18-7-5-8-22-13-6-9-21-12-13;/h10,13H,3-9,11-12H2,1-2H3,(H2,17,18,20);1H. The van der Waals surface area contributed by atoms with Gasteiger partial charge < -0.3 is 20.1 Å². The van der Waals surface area contributed by atoms with E-state index in [1.54, 1.807) is 11.3 Å². The Bertz CT molecular complexity index is 478. The summed E-state index contributed by atoms with van der Waals surface area (Å²) in [7, 11) is 0. The maximum absolute atomic E-state index is 5.76. The molecule has 2 N–H and O–H groups in total. The van der Waals surface area contributed by atoms with Crippen molar-refractivity contribution in [2.75, 3.05) is 32.9 Å². The van der Waals surface area contributed by atoms with Crippen molar-refractivity contribution in [3.05, 3.63) is 16.1 Å². The number of nitrogens with zero attached hydrogens (tertiary/aromatic N) is 2. The van der Waals surface area contributed by atoms with Crippen molar-refractivity contribution in [2.45, 2.75) is 45.8 Å². The first kappa shape index (κ1) is 21.6. The Morgan fingerprint density at radius 2 is 2.33 bits per heavy atom. The van der Waals surface area contributed by atoms with Crippen LogP contribution in [0.25, 0.3) is 0 Å². The molecule has 1 saturated heterocycles. The zero-order valence-electron chi connectivity index (χ0n) is 14.5. The van der Waals surface area contributed by atoms with E-state index in [1.165, 1.54) is 4.88 Å². The van der Waals surface area contributed by atoms with Crippen LogP contribution in [0.4, 0.5) is 0 Å². The third-order valence-corrected chi connectivity index (χ3v) is 4.65. The second kappa shape index (κ2) is 12.8.